The van der Waals surface area contributed by atoms with E-state index in [2.05, 4.69) is 30.1 Å². The van der Waals surface area contributed by atoms with E-state index >= 15 is 0 Å². The van der Waals surface area contributed by atoms with Gasteiger partial charge >= 0.3 is 13.7 Å². The molecule has 0 amide bonds. The lowest BCUT2D eigenvalue weighted by molar-refractivity contribution is -0.144. The first-order valence-corrected chi connectivity index (χ1v) is 13.2. The molecule has 1 aliphatic rings. The number of nitrogens with one attached hydrogen (secondary N) is 1. The number of carbonyl (C=O) groups excluding carboxylic acids is 1. The van der Waals surface area contributed by atoms with Crippen molar-refractivity contribution in [2.75, 3.05) is 24.7 Å². The van der Waals surface area contributed by atoms with Crippen LogP contribution in [-0.4, -0.2) is 56.9 Å². The van der Waals surface area contributed by atoms with E-state index in [0.717, 1.165) is 0 Å². The van der Waals surface area contributed by atoms with Gasteiger partial charge in [-0.05, 0) is 31.5 Å². The molecule has 17 heteroatoms. The summed E-state index contributed by atoms with van der Waals surface area (Å²) >= 11 is 0. The van der Waals surface area contributed by atoms with Crippen molar-refractivity contribution in [2.24, 2.45) is 5.11 Å². The summed E-state index contributed by atoms with van der Waals surface area (Å²) in [6.07, 6.45) is 0.169. The second-order valence-electron chi connectivity index (χ2n) is 8.23. The number of hydrogen-bond acceptors (Lipinski definition) is 12. The summed E-state index contributed by atoms with van der Waals surface area (Å²) in [5.74, 6) is -0.320. The first-order valence-electron chi connectivity index (χ1n) is 11.6. The number of imidazole rings is 1. The Kier molecular flexibility index (Phi) is 8.29. The zero-order chi connectivity index (χ0) is 27.3. The summed E-state index contributed by atoms with van der Waals surface area (Å²) < 4.78 is 37.7. The van der Waals surface area contributed by atoms with Crippen LogP contribution in [0.25, 0.3) is 21.6 Å². The van der Waals surface area contributed by atoms with Crippen LogP contribution in [0, 0.1) is 0 Å². The van der Waals surface area contributed by atoms with E-state index in [0.29, 0.717) is 11.2 Å². The molecule has 5 N–H and O–H groups in total. The highest BCUT2D eigenvalue weighted by Gasteiger charge is 2.40. The predicted molar refractivity (Wildman–Crippen MR) is 135 cm³/mol. The topological polar surface area (TPSA) is 227 Å². The van der Waals surface area contributed by atoms with Crippen LogP contribution in [0.1, 0.15) is 26.5 Å². The number of azide groups is 1. The van der Waals surface area contributed by atoms with Crippen molar-refractivity contribution < 1.29 is 27.9 Å². The highest BCUT2D eigenvalue weighted by atomic mass is 31.2. The average molecular weight is 546 g/mol. The molecule has 16 nitrogen and oxygen atoms in total. The van der Waals surface area contributed by atoms with Gasteiger partial charge in [-0.3, -0.25) is 13.9 Å². The highest BCUT2D eigenvalue weighted by molar-refractivity contribution is 7.52. The molecule has 0 aliphatic carbocycles. The third-order valence-electron chi connectivity index (χ3n) is 5.55. The molecule has 1 aliphatic heterocycles. The van der Waals surface area contributed by atoms with E-state index < -0.39 is 38.1 Å². The molecule has 0 saturated carbocycles. The molecular weight excluding hydrogens is 519 g/mol. The fraction of sp³-hybridized carbons (Fsp3) is 0.429. The number of ether oxygens (including phenoxy) is 2. The third kappa shape index (κ3) is 6.13. The van der Waals surface area contributed by atoms with Crippen molar-refractivity contribution in [2.45, 2.75) is 44.7 Å². The monoisotopic (exact) mass is 546 g/mol. The molecule has 1 aromatic carbocycles. The zero-order valence-electron chi connectivity index (χ0n) is 20.6. The number of nitrogens with two attached hydrogens (primary N) is 2. The molecule has 1 saturated heterocycles. The number of nitrogen functional groups attached to an aromatic ring is 2. The smallest absolute Gasteiger partial charge is 0.459 e. The van der Waals surface area contributed by atoms with Crippen molar-refractivity contribution in [3.8, 4) is 5.75 Å². The molecule has 5 atom stereocenters. The number of para-hydroxylation sites is 1. The van der Waals surface area contributed by atoms with E-state index in [9.17, 15) is 9.36 Å². The first kappa shape index (κ1) is 27.1. The normalized spacial score (nSPS) is 21.4. The van der Waals surface area contributed by atoms with Crippen LogP contribution in [0.15, 0.2) is 41.8 Å². The molecule has 4 rings (SSSR count). The van der Waals surface area contributed by atoms with Gasteiger partial charge in [0.25, 0.3) is 0 Å². The van der Waals surface area contributed by atoms with Crippen molar-refractivity contribution in [1.29, 1.82) is 0 Å². The van der Waals surface area contributed by atoms with Crippen molar-refractivity contribution in [3.05, 3.63) is 47.1 Å². The van der Waals surface area contributed by atoms with E-state index in [1.54, 1.807) is 41.8 Å². The van der Waals surface area contributed by atoms with Gasteiger partial charge in [-0.2, -0.15) is 15.1 Å². The highest BCUT2D eigenvalue weighted by Crippen LogP contribution is 2.46. The van der Waals surface area contributed by atoms with Gasteiger partial charge in [-0.1, -0.05) is 23.3 Å². The molecule has 3 aromatic rings. The molecule has 0 bridgehead atoms. The summed E-state index contributed by atoms with van der Waals surface area (Å²) in [7, 11) is -4.14. The molecule has 0 spiro atoms. The number of carbonyl (C=O) groups is 1. The maximum Gasteiger partial charge on any atom is 0.459 e. The van der Waals surface area contributed by atoms with Gasteiger partial charge in [0, 0.05) is 11.3 Å². The minimum absolute atomic E-state index is 0.0398. The lowest BCUT2D eigenvalue weighted by atomic mass is 10.1. The fourth-order valence-corrected chi connectivity index (χ4v) is 5.33. The van der Waals surface area contributed by atoms with Crippen LogP contribution >= 0.6 is 7.75 Å². The van der Waals surface area contributed by atoms with Gasteiger partial charge in [0.1, 0.15) is 23.5 Å². The average Bonchev–Trinajstić information content (AvgIpc) is 3.48. The SMILES string of the molecule is CCOC(=O)[C@H](C)NP(=O)(OC[C@H]1O[C@@H](n2cnc3c(N)nc(N)nc32)CC1N=[N+]=[N-])Oc1ccccc1. The number of benzene rings is 1. The van der Waals surface area contributed by atoms with Crippen LogP contribution < -0.4 is 21.1 Å². The minimum atomic E-state index is -4.14. The Hall–Kier alpha value is -3.94. The largest absolute Gasteiger partial charge is 0.465 e. The molecule has 3 heterocycles. The van der Waals surface area contributed by atoms with Crippen molar-refractivity contribution in [1.82, 2.24) is 24.6 Å². The number of nitrogens with zero attached hydrogens (tertiary/aromatic N) is 7. The summed E-state index contributed by atoms with van der Waals surface area (Å²) in [6, 6.07) is 6.59. The molecule has 1 fully saturated rings. The standard InChI is InChI=1S/C21H27N10O6P/c1-3-34-20(32)12(2)29-38(33,37-13-7-5-4-6-8-13)35-10-15-14(28-30-24)9-16(36-15)31-11-25-17-18(22)26-21(23)27-19(17)31/h4-8,11-12,14-16H,3,9-10H2,1-2H3,(H,29,33)(H4,22,23,26,27)/t12-,14?,15+,16+,38?/m0/s1. The lowest BCUT2D eigenvalue weighted by Gasteiger charge is -2.24. The maximum atomic E-state index is 13.7. The number of aromatic nitrogens is 4. The predicted octanol–water partition coefficient (Wildman–Crippen LogP) is 2.70. The van der Waals surface area contributed by atoms with E-state index in [-0.39, 0.29) is 37.2 Å². The molecule has 202 valence electrons. The first-order chi connectivity index (χ1) is 18.2. The summed E-state index contributed by atoms with van der Waals surface area (Å²) in [5, 5.41) is 6.40. The van der Waals surface area contributed by atoms with E-state index in [4.69, 9.17) is 35.5 Å². The Bertz CT molecular complexity index is 1380. The summed E-state index contributed by atoms with van der Waals surface area (Å²) in [6.45, 7) is 2.96. The van der Waals surface area contributed by atoms with Crippen LogP contribution in [0.3, 0.4) is 0 Å². The van der Waals surface area contributed by atoms with Gasteiger partial charge < -0.3 is 25.5 Å². The number of hydrogen-bond donors (Lipinski definition) is 3. The Morgan fingerprint density at radius 2 is 2.13 bits per heavy atom. The van der Waals surface area contributed by atoms with Crippen LogP contribution in [0.4, 0.5) is 11.8 Å². The summed E-state index contributed by atoms with van der Waals surface area (Å²) in [5.41, 5.74) is 21.4. The zero-order valence-corrected chi connectivity index (χ0v) is 21.5. The maximum absolute atomic E-state index is 13.7. The third-order valence-corrected chi connectivity index (χ3v) is 7.19. The van der Waals surface area contributed by atoms with Crippen molar-refractivity contribution >= 4 is 36.6 Å². The number of anilines is 2. The second-order valence-corrected chi connectivity index (χ2v) is 9.92. The Labute approximate surface area is 216 Å². The quantitative estimate of drug-likeness (QED) is 0.104. The van der Waals surface area contributed by atoms with Gasteiger partial charge in [0.2, 0.25) is 5.95 Å². The molecule has 0 radical (unpaired) electrons. The second kappa shape index (κ2) is 11.6. The summed E-state index contributed by atoms with van der Waals surface area (Å²) in [4.78, 5) is 27.4. The van der Waals surface area contributed by atoms with E-state index in [1.165, 1.54) is 13.3 Å². The molecular formula is C21H27N10O6P. The molecule has 2 unspecified atom stereocenters. The van der Waals surface area contributed by atoms with Crippen LogP contribution in [-0.2, 0) is 23.4 Å². The lowest BCUT2D eigenvalue weighted by Crippen LogP contribution is -2.36. The van der Waals surface area contributed by atoms with Crippen LogP contribution in [0.2, 0.25) is 0 Å². The minimum Gasteiger partial charge on any atom is -0.465 e. The number of esters is 1. The van der Waals surface area contributed by atoms with Gasteiger partial charge in [-0.25, -0.2) is 9.55 Å². The number of rotatable bonds is 11. The molecule has 2 aromatic heterocycles. The van der Waals surface area contributed by atoms with Crippen molar-refractivity contribution in [3.63, 3.8) is 0 Å². The van der Waals surface area contributed by atoms with Gasteiger partial charge in [-0.15, -0.1) is 0 Å². The Balaban J connectivity index is 1.54. The molecule has 38 heavy (non-hydrogen) atoms. The Morgan fingerprint density at radius 1 is 1.37 bits per heavy atom. The fourth-order valence-electron chi connectivity index (χ4n) is 3.83. The van der Waals surface area contributed by atoms with Gasteiger partial charge in [0.05, 0.1) is 31.7 Å². The van der Waals surface area contributed by atoms with E-state index in [1.807, 2.05) is 0 Å². The Morgan fingerprint density at radius 3 is 2.84 bits per heavy atom. The van der Waals surface area contributed by atoms with Gasteiger partial charge in [0.15, 0.2) is 11.5 Å². The van der Waals surface area contributed by atoms with Crippen LogP contribution in [0.5, 0.6) is 5.75 Å². The number of fused-ring (bicyclic) bond motifs is 1.